The summed E-state index contributed by atoms with van der Waals surface area (Å²) >= 11 is 0. The Morgan fingerprint density at radius 1 is 1.42 bits per heavy atom. The van der Waals surface area contributed by atoms with Crippen molar-refractivity contribution >= 4 is 5.71 Å². The van der Waals surface area contributed by atoms with E-state index in [1.165, 1.54) is 32.2 Å². The van der Waals surface area contributed by atoms with E-state index in [0.29, 0.717) is 0 Å². The SMILES string of the molecule is CNCN/C=C\C(=N)CCCC(C1CC1)C1CCN1. The van der Waals surface area contributed by atoms with E-state index in [0.717, 1.165) is 43.1 Å². The van der Waals surface area contributed by atoms with E-state index in [-0.39, 0.29) is 0 Å². The highest BCUT2D eigenvalue weighted by molar-refractivity contribution is 5.92. The Bertz CT molecular complexity index is 305. The van der Waals surface area contributed by atoms with E-state index in [9.17, 15) is 0 Å². The van der Waals surface area contributed by atoms with Gasteiger partial charge in [-0.1, -0.05) is 0 Å². The van der Waals surface area contributed by atoms with E-state index >= 15 is 0 Å². The zero-order valence-electron chi connectivity index (χ0n) is 12.0. The molecule has 0 aromatic heterocycles. The largest absolute Gasteiger partial charge is 0.378 e. The van der Waals surface area contributed by atoms with Gasteiger partial charge < -0.3 is 21.4 Å². The fourth-order valence-electron chi connectivity index (χ4n) is 2.90. The first kappa shape index (κ1) is 14.5. The van der Waals surface area contributed by atoms with E-state index in [1.54, 1.807) is 0 Å². The Morgan fingerprint density at radius 3 is 2.79 bits per heavy atom. The van der Waals surface area contributed by atoms with Crippen LogP contribution in [-0.4, -0.2) is 32.0 Å². The molecule has 4 heteroatoms. The maximum absolute atomic E-state index is 7.89. The summed E-state index contributed by atoms with van der Waals surface area (Å²) in [6.45, 7) is 1.96. The Morgan fingerprint density at radius 2 is 2.21 bits per heavy atom. The van der Waals surface area contributed by atoms with Crippen LogP contribution in [0.15, 0.2) is 12.3 Å². The summed E-state index contributed by atoms with van der Waals surface area (Å²) in [6, 6.07) is 0.787. The fraction of sp³-hybridized carbons (Fsp3) is 0.800. The van der Waals surface area contributed by atoms with Crippen molar-refractivity contribution in [3.05, 3.63) is 12.3 Å². The van der Waals surface area contributed by atoms with Crippen LogP contribution in [-0.2, 0) is 0 Å². The smallest absolute Gasteiger partial charge is 0.0645 e. The molecule has 0 spiro atoms. The molecule has 2 rings (SSSR count). The van der Waals surface area contributed by atoms with Crippen molar-refractivity contribution in [2.75, 3.05) is 20.3 Å². The third kappa shape index (κ3) is 4.96. The van der Waals surface area contributed by atoms with Crippen LogP contribution in [0, 0.1) is 17.2 Å². The predicted molar refractivity (Wildman–Crippen MR) is 80.4 cm³/mol. The molecule has 1 aliphatic heterocycles. The van der Waals surface area contributed by atoms with Crippen LogP contribution in [0.1, 0.15) is 38.5 Å². The molecule has 1 aliphatic carbocycles. The first-order chi connectivity index (χ1) is 9.31. The van der Waals surface area contributed by atoms with E-state index in [2.05, 4.69) is 16.0 Å². The molecule has 4 N–H and O–H groups in total. The normalized spacial score (nSPS) is 24.2. The Balaban J connectivity index is 1.59. The van der Waals surface area contributed by atoms with Gasteiger partial charge in [-0.2, -0.15) is 0 Å². The van der Waals surface area contributed by atoms with Gasteiger partial charge in [-0.3, -0.25) is 0 Å². The molecule has 19 heavy (non-hydrogen) atoms. The second kappa shape index (κ2) is 7.65. The lowest BCUT2D eigenvalue weighted by atomic mass is 9.84. The molecule has 2 atom stereocenters. The van der Waals surface area contributed by atoms with Crippen LogP contribution in [0.2, 0.25) is 0 Å². The number of allylic oxidation sites excluding steroid dienone is 1. The third-order valence-electron chi connectivity index (χ3n) is 4.27. The molecular formula is C15H28N4. The van der Waals surface area contributed by atoms with Crippen molar-refractivity contribution in [1.82, 2.24) is 16.0 Å². The van der Waals surface area contributed by atoms with Crippen molar-refractivity contribution in [2.45, 2.75) is 44.6 Å². The summed E-state index contributed by atoms with van der Waals surface area (Å²) in [5.74, 6) is 1.87. The van der Waals surface area contributed by atoms with E-state index in [4.69, 9.17) is 5.41 Å². The first-order valence-corrected chi connectivity index (χ1v) is 7.66. The highest BCUT2D eigenvalue weighted by Crippen LogP contribution is 2.42. The van der Waals surface area contributed by atoms with E-state index in [1.807, 2.05) is 19.3 Å². The van der Waals surface area contributed by atoms with Gasteiger partial charge >= 0.3 is 0 Å². The zero-order valence-corrected chi connectivity index (χ0v) is 12.0. The highest BCUT2D eigenvalue weighted by Gasteiger charge is 2.37. The average Bonchev–Trinajstić information content (AvgIpc) is 3.15. The molecule has 1 saturated carbocycles. The number of hydrogen-bond donors (Lipinski definition) is 4. The summed E-state index contributed by atoms with van der Waals surface area (Å²) in [7, 11) is 1.90. The molecule has 1 saturated heterocycles. The van der Waals surface area contributed by atoms with Gasteiger partial charge in [0.05, 0.1) is 6.67 Å². The summed E-state index contributed by atoms with van der Waals surface area (Å²) in [5, 5.41) is 17.6. The van der Waals surface area contributed by atoms with Crippen molar-refractivity contribution in [2.24, 2.45) is 11.8 Å². The minimum atomic E-state index is 0.736. The first-order valence-electron chi connectivity index (χ1n) is 7.66. The Kier molecular flexibility index (Phi) is 5.86. The van der Waals surface area contributed by atoms with E-state index < -0.39 is 0 Å². The second-order valence-corrected chi connectivity index (χ2v) is 5.84. The summed E-state index contributed by atoms with van der Waals surface area (Å²) in [6.07, 6.45) is 11.4. The molecule has 2 unspecified atom stereocenters. The van der Waals surface area contributed by atoms with Crippen molar-refractivity contribution < 1.29 is 0 Å². The number of hydrogen-bond acceptors (Lipinski definition) is 4. The molecule has 0 aromatic rings. The van der Waals surface area contributed by atoms with Gasteiger partial charge in [-0.15, -0.1) is 0 Å². The molecule has 4 nitrogen and oxygen atoms in total. The quantitative estimate of drug-likeness (QED) is 0.277. The lowest BCUT2D eigenvalue weighted by Gasteiger charge is -2.35. The zero-order chi connectivity index (χ0) is 13.5. The van der Waals surface area contributed by atoms with Gasteiger partial charge in [0.15, 0.2) is 0 Å². The maximum atomic E-state index is 7.89. The molecule has 0 amide bonds. The van der Waals surface area contributed by atoms with Gasteiger partial charge in [-0.05, 0) is 76.2 Å². The third-order valence-corrected chi connectivity index (χ3v) is 4.27. The number of nitrogens with one attached hydrogen (secondary N) is 4. The van der Waals surface area contributed by atoms with Crippen LogP contribution in [0.4, 0.5) is 0 Å². The van der Waals surface area contributed by atoms with Gasteiger partial charge in [0.25, 0.3) is 0 Å². The van der Waals surface area contributed by atoms with Crippen LogP contribution >= 0.6 is 0 Å². The van der Waals surface area contributed by atoms with Gasteiger partial charge in [0.1, 0.15) is 0 Å². The molecule has 2 aliphatic rings. The molecule has 2 fully saturated rings. The Labute approximate surface area is 116 Å². The molecule has 1 heterocycles. The lowest BCUT2D eigenvalue weighted by Crippen LogP contribution is -2.48. The average molecular weight is 264 g/mol. The Hall–Kier alpha value is -0.870. The summed E-state index contributed by atoms with van der Waals surface area (Å²) < 4.78 is 0. The van der Waals surface area contributed by atoms with Crippen LogP contribution in [0.5, 0.6) is 0 Å². The van der Waals surface area contributed by atoms with Crippen molar-refractivity contribution in [3.63, 3.8) is 0 Å². The number of rotatable bonds is 10. The monoisotopic (exact) mass is 264 g/mol. The van der Waals surface area contributed by atoms with Crippen molar-refractivity contribution in [1.29, 1.82) is 5.41 Å². The minimum absolute atomic E-state index is 0.736. The van der Waals surface area contributed by atoms with Crippen LogP contribution in [0.25, 0.3) is 0 Å². The highest BCUT2D eigenvalue weighted by atomic mass is 15.0. The minimum Gasteiger partial charge on any atom is -0.378 e. The van der Waals surface area contributed by atoms with Crippen LogP contribution in [0.3, 0.4) is 0 Å². The van der Waals surface area contributed by atoms with Gasteiger partial charge in [-0.25, -0.2) is 0 Å². The summed E-state index contributed by atoms with van der Waals surface area (Å²) in [4.78, 5) is 0. The fourth-order valence-corrected chi connectivity index (χ4v) is 2.90. The molecular weight excluding hydrogens is 236 g/mol. The topological polar surface area (TPSA) is 59.9 Å². The molecule has 0 bridgehead atoms. The van der Waals surface area contributed by atoms with Gasteiger partial charge in [0, 0.05) is 11.8 Å². The maximum Gasteiger partial charge on any atom is 0.0645 e. The molecule has 0 aromatic carbocycles. The second-order valence-electron chi connectivity index (χ2n) is 5.84. The molecule has 108 valence electrons. The van der Waals surface area contributed by atoms with Crippen LogP contribution < -0.4 is 16.0 Å². The molecule has 0 radical (unpaired) electrons. The lowest BCUT2D eigenvalue weighted by molar-refractivity contribution is 0.221. The van der Waals surface area contributed by atoms with Crippen molar-refractivity contribution in [3.8, 4) is 0 Å². The summed E-state index contributed by atoms with van der Waals surface area (Å²) in [5.41, 5.74) is 0.736. The van der Waals surface area contributed by atoms with Gasteiger partial charge in [0.2, 0.25) is 0 Å². The predicted octanol–water partition coefficient (Wildman–Crippen LogP) is 1.84. The standard InChI is InChI=1S/C15H28N4/c1-17-11-18-9-7-13(16)3-2-4-14(12-5-6-12)15-8-10-19-15/h7,9,12,14-19H,2-6,8,10-11H2,1H3/b9-7-,16-13?.